The summed E-state index contributed by atoms with van der Waals surface area (Å²) in [4.78, 5) is 16.7. The second-order valence-electron chi connectivity index (χ2n) is 8.24. The van der Waals surface area contributed by atoms with E-state index >= 15 is 0 Å². The molecule has 1 spiro atoms. The highest BCUT2D eigenvalue weighted by Crippen LogP contribution is 2.52. The smallest absolute Gasteiger partial charge is 0.237 e. The van der Waals surface area contributed by atoms with E-state index in [0.717, 1.165) is 41.6 Å². The monoisotopic (exact) mass is 398 g/mol. The Kier molecular flexibility index (Phi) is 3.59. The Morgan fingerprint density at radius 1 is 1.03 bits per heavy atom. The predicted molar refractivity (Wildman–Crippen MR) is 113 cm³/mol. The van der Waals surface area contributed by atoms with Crippen LogP contribution in [0.1, 0.15) is 38.9 Å². The minimum absolute atomic E-state index is 0.138. The number of nitrogens with zero attached hydrogens (tertiary/aromatic N) is 8. The van der Waals surface area contributed by atoms with E-state index in [1.54, 1.807) is 12.5 Å². The summed E-state index contributed by atoms with van der Waals surface area (Å²) < 4.78 is 4.01. The van der Waals surface area contributed by atoms with E-state index in [4.69, 9.17) is 9.97 Å². The lowest BCUT2D eigenvalue weighted by molar-refractivity contribution is 0.194. The number of fused-ring (bicyclic) bond motifs is 4. The van der Waals surface area contributed by atoms with Gasteiger partial charge >= 0.3 is 0 Å². The molecule has 4 heterocycles. The molecule has 1 fully saturated rings. The predicted octanol–water partition coefficient (Wildman–Crippen LogP) is 3.52. The molecule has 8 nitrogen and oxygen atoms in total. The van der Waals surface area contributed by atoms with Gasteiger partial charge in [-0.1, -0.05) is 30.3 Å². The lowest BCUT2D eigenvalue weighted by Crippen LogP contribution is -2.58. The Bertz CT molecular complexity index is 1220. The minimum atomic E-state index is -0.138. The van der Waals surface area contributed by atoms with Gasteiger partial charge in [-0.05, 0) is 33.1 Å². The maximum Gasteiger partial charge on any atom is 0.237 e. The van der Waals surface area contributed by atoms with Crippen molar-refractivity contribution in [1.82, 2.24) is 34.3 Å². The lowest BCUT2D eigenvalue weighted by atomic mass is 9.73. The first-order valence-electron chi connectivity index (χ1n) is 10.4. The Morgan fingerprint density at radius 3 is 2.60 bits per heavy atom. The van der Waals surface area contributed by atoms with Crippen molar-refractivity contribution >= 4 is 5.82 Å². The van der Waals surface area contributed by atoms with E-state index < -0.39 is 0 Å². The number of benzene rings is 1. The highest BCUT2D eigenvalue weighted by molar-refractivity contribution is 5.65. The highest BCUT2D eigenvalue weighted by Gasteiger charge is 2.52. The quantitative estimate of drug-likeness (QED) is 0.525. The average Bonchev–Trinajstić information content (AvgIpc) is 3.41. The van der Waals surface area contributed by atoms with Gasteiger partial charge in [0.1, 0.15) is 23.4 Å². The third-order valence-electron chi connectivity index (χ3n) is 6.24. The van der Waals surface area contributed by atoms with E-state index in [2.05, 4.69) is 38.5 Å². The van der Waals surface area contributed by atoms with Crippen LogP contribution in [0, 0.1) is 0 Å². The van der Waals surface area contributed by atoms with E-state index in [0.29, 0.717) is 5.95 Å². The molecule has 6 rings (SSSR count). The van der Waals surface area contributed by atoms with Crippen LogP contribution in [-0.2, 0) is 5.54 Å². The molecule has 1 saturated carbocycles. The van der Waals surface area contributed by atoms with Crippen LogP contribution in [0.15, 0.2) is 55.2 Å². The van der Waals surface area contributed by atoms with Crippen molar-refractivity contribution in [2.24, 2.45) is 0 Å². The Morgan fingerprint density at radius 2 is 1.87 bits per heavy atom. The lowest BCUT2D eigenvalue weighted by Gasteiger charge is -2.54. The first-order valence-corrected chi connectivity index (χ1v) is 10.4. The van der Waals surface area contributed by atoms with Crippen molar-refractivity contribution in [3.8, 4) is 23.0 Å². The molecule has 0 amide bonds. The summed E-state index contributed by atoms with van der Waals surface area (Å²) in [6.07, 6.45) is 10.7. The molecule has 2 aliphatic rings. The van der Waals surface area contributed by atoms with E-state index in [1.807, 2.05) is 47.3 Å². The normalized spacial score (nSPS) is 16.4. The van der Waals surface area contributed by atoms with Gasteiger partial charge in [-0.3, -0.25) is 9.13 Å². The Labute approximate surface area is 174 Å². The van der Waals surface area contributed by atoms with Gasteiger partial charge in [-0.2, -0.15) is 4.98 Å². The largest absolute Gasteiger partial charge is 0.339 e. The molecule has 1 aromatic carbocycles. The van der Waals surface area contributed by atoms with Crippen LogP contribution < -0.4 is 4.90 Å². The van der Waals surface area contributed by atoms with Crippen LogP contribution in [0.3, 0.4) is 0 Å². The van der Waals surface area contributed by atoms with Crippen molar-refractivity contribution in [3.05, 3.63) is 61.1 Å². The molecule has 0 unspecified atom stereocenters. The molecule has 0 N–H and O–H groups in total. The maximum atomic E-state index is 5.06. The molecular weight excluding hydrogens is 376 g/mol. The summed E-state index contributed by atoms with van der Waals surface area (Å²) in [6, 6.07) is 10.4. The molecule has 150 valence electrons. The van der Waals surface area contributed by atoms with Crippen LogP contribution in [0.2, 0.25) is 0 Å². The van der Waals surface area contributed by atoms with Gasteiger partial charge in [-0.25, -0.2) is 9.97 Å². The number of anilines is 1. The van der Waals surface area contributed by atoms with Crippen LogP contribution in [-0.4, -0.2) is 40.3 Å². The minimum Gasteiger partial charge on any atom is -0.339 e. The van der Waals surface area contributed by atoms with Crippen LogP contribution >= 0.6 is 0 Å². The van der Waals surface area contributed by atoms with Gasteiger partial charge < -0.3 is 4.90 Å². The molecule has 30 heavy (non-hydrogen) atoms. The van der Waals surface area contributed by atoms with Gasteiger partial charge in [0.05, 0.1) is 6.20 Å². The third kappa shape index (κ3) is 2.24. The summed E-state index contributed by atoms with van der Waals surface area (Å²) >= 11 is 0. The molecule has 4 aromatic rings. The summed E-state index contributed by atoms with van der Waals surface area (Å²) in [5.74, 6) is 3.36. The highest BCUT2D eigenvalue weighted by atomic mass is 15.4. The van der Waals surface area contributed by atoms with Crippen LogP contribution in [0.25, 0.3) is 23.0 Å². The van der Waals surface area contributed by atoms with E-state index in [-0.39, 0.29) is 11.6 Å². The van der Waals surface area contributed by atoms with Crippen molar-refractivity contribution < 1.29 is 0 Å². The van der Waals surface area contributed by atoms with Gasteiger partial charge in [-0.15, -0.1) is 10.2 Å². The fourth-order valence-corrected chi connectivity index (χ4v) is 4.84. The third-order valence-corrected chi connectivity index (χ3v) is 6.24. The molecule has 3 aromatic heterocycles. The zero-order valence-corrected chi connectivity index (χ0v) is 17.0. The zero-order chi connectivity index (χ0) is 20.3. The standard InChI is InChI=1S/C22H22N8/c1-15(2)30-19-17(29-14-25-27-20(29)22(30)9-6-10-22)13-24-21(26-19)28-12-11-23-18(28)16-7-4-3-5-8-16/h3-5,7-8,11-15H,6,9-10H2,1-2H3. The van der Waals surface area contributed by atoms with E-state index in [9.17, 15) is 0 Å². The summed E-state index contributed by atoms with van der Waals surface area (Å²) in [7, 11) is 0. The first kappa shape index (κ1) is 17.3. The van der Waals surface area contributed by atoms with E-state index in [1.165, 1.54) is 6.42 Å². The van der Waals surface area contributed by atoms with Crippen molar-refractivity contribution in [1.29, 1.82) is 0 Å². The number of aromatic nitrogens is 7. The van der Waals surface area contributed by atoms with Crippen LogP contribution in [0.4, 0.5) is 5.82 Å². The maximum absolute atomic E-state index is 5.06. The van der Waals surface area contributed by atoms with Gasteiger partial charge in [0, 0.05) is 24.0 Å². The Hall–Kier alpha value is -3.55. The Balaban J connectivity index is 1.54. The molecule has 8 heteroatoms. The van der Waals surface area contributed by atoms with Gasteiger partial charge in [0.15, 0.2) is 11.6 Å². The molecule has 1 aliphatic heterocycles. The average molecular weight is 398 g/mol. The molecule has 0 bridgehead atoms. The number of rotatable bonds is 3. The molecule has 0 radical (unpaired) electrons. The topological polar surface area (TPSA) is 77.5 Å². The van der Waals surface area contributed by atoms with Gasteiger partial charge in [0.25, 0.3) is 0 Å². The summed E-state index contributed by atoms with van der Waals surface area (Å²) in [6.45, 7) is 4.43. The fraction of sp³-hybridized carbons (Fsp3) is 0.318. The van der Waals surface area contributed by atoms with Crippen molar-refractivity contribution in [2.45, 2.75) is 44.7 Å². The molecule has 1 aliphatic carbocycles. The second-order valence-corrected chi connectivity index (χ2v) is 8.24. The number of hydrogen-bond acceptors (Lipinski definition) is 6. The molecule has 0 saturated heterocycles. The van der Waals surface area contributed by atoms with Gasteiger partial charge in [0.2, 0.25) is 5.95 Å². The van der Waals surface area contributed by atoms with Crippen LogP contribution in [0.5, 0.6) is 0 Å². The zero-order valence-electron chi connectivity index (χ0n) is 17.0. The van der Waals surface area contributed by atoms with Crippen molar-refractivity contribution in [3.63, 3.8) is 0 Å². The summed E-state index contributed by atoms with van der Waals surface area (Å²) in [5, 5.41) is 8.71. The SMILES string of the molecule is CC(C)N1c2nc(-n3ccnc3-c3ccccc3)ncc2-n2cnnc2C12CCC2. The molecular formula is C22H22N8. The fourth-order valence-electron chi connectivity index (χ4n) is 4.84. The summed E-state index contributed by atoms with van der Waals surface area (Å²) in [5.41, 5.74) is 1.81. The van der Waals surface area contributed by atoms with Crippen molar-refractivity contribution in [2.75, 3.05) is 4.90 Å². The first-order chi connectivity index (χ1) is 14.7. The number of hydrogen-bond donors (Lipinski definition) is 0. The second kappa shape index (κ2) is 6.22. The molecule has 0 atom stereocenters. The number of imidazole rings is 1.